The van der Waals surface area contributed by atoms with Crippen LogP contribution in [0.2, 0.25) is 5.02 Å². The Hall–Kier alpha value is -1.71. The molecule has 2 aromatic rings. The van der Waals surface area contributed by atoms with Crippen molar-refractivity contribution in [3.8, 4) is 11.5 Å². The summed E-state index contributed by atoms with van der Waals surface area (Å²) in [6, 6.07) is 14.1. The molecule has 3 nitrogen and oxygen atoms in total. The van der Waals surface area contributed by atoms with E-state index in [0.717, 1.165) is 46.4 Å². The zero-order valence-electron chi connectivity index (χ0n) is 17.8. The molecule has 30 heavy (non-hydrogen) atoms. The van der Waals surface area contributed by atoms with Crippen molar-refractivity contribution in [1.82, 2.24) is 5.32 Å². The summed E-state index contributed by atoms with van der Waals surface area (Å²) in [6.45, 7) is 3.97. The van der Waals surface area contributed by atoms with Gasteiger partial charge in [0.25, 0.3) is 0 Å². The molecule has 1 N–H and O–H groups in total. The summed E-state index contributed by atoms with van der Waals surface area (Å²) in [5, 5.41) is 4.71. The molecular formula is C26H32ClNO2. The Labute approximate surface area is 185 Å². The third-order valence-electron chi connectivity index (χ3n) is 7.35. The van der Waals surface area contributed by atoms with Crippen LogP contribution >= 0.6 is 11.6 Å². The van der Waals surface area contributed by atoms with Gasteiger partial charge >= 0.3 is 0 Å². The fourth-order valence-corrected chi connectivity index (χ4v) is 6.63. The predicted molar refractivity (Wildman–Crippen MR) is 121 cm³/mol. The van der Waals surface area contributed by atoms with Gasteiger partial charge in [-0.05, 0) is 87.0 Å². The van der Waals surface area contributed by atoms with Gasteiger partial charge < -0.3 is 14.8 Å². The molecule has 0 aliphatic heterocycles. The van der Waals surface area contributed by atoms with Crippen LogP contribution in [0.25, 0.3) is 0 Å². The summed E-state index contributed by atoms with van der Waals surface area (Å²) < 4.78 is 12.0. The molecule has 4 aliphatic carbocycles. The van der Waals surface area contributed by atoms with Crippen LogP contribution in [0.3, 0.4) is 0 Å². The Balaban J connectivity index is 1.26. The zero-order chi connectivity index (χ0) is 20.6. The number of halogens is 1. The highest BCUT2D eigenvalue weighted by Gasteiger charge is 2.50. The maximum Gasteiger partial charge on any atom is 0.161 e. The molecule has 0 amide bonds. The van der Waals surface area contributed by atoms with Crippen LogP contribution < -0.4 is 14.8 Å². The van der Waals surface area contributed by atoms with E-state index in [9.17, 15) is 0 Å². The monoisotopic (exact) mass is 425 g/mol. The van der Waals surface area contributed by atoms with Crippen LogP contribution in [0.5, 0.6) is 11.5 Å². The first-order valence-electron chi connectivity index (χ1n) is 11.5. The Bertz CT molecular complexity index is 861. The van der Waals surface area contributed by atoms with E-state index in [0.29, 0.717) is 18.8 Å². The lowest BCUT2D eigenvalue weighted by atomic mass is 9.53. The lowest BCUT2D eigenvalue weighted by molar-refractivity contribution is -0.0206. The first-order chi connectivity index (χ1) is 14.6. The summed E-state index contributed by atoms with van der Waals surface area (Å²) in [5.74, 6) is 4.47. The molecule has 0 radical (unpaired) electrons. The van der Waals surface area contributed by atoms with Gasteiger partial charge in [0, 0.05) is 22.7 Å². The predicted octanol–water partition coefficient (Wildman–Crippen LogP) is 6.38. The Morgan fingerprint density at radius 3 is 2.30 bits per heavy atom. The first kappa shape index (κ1) is 20.2. The summed E-state index contributed by atoms with van der Waals surface area (Å²) in [6.07, 6.45) is 8.55. The van der Waals surface area contributed by atoms with Gasteiger partial charge in [-0.2, -0.15) is 0 Å². The summed E-state index contributed by atoms with van der Waals surface area (Å²) >= 11 is 6.27. The zero-order valence-corrected chi connectivity index (χ0v) is 18.6. The van der Waals surface area contributed by atoms with E-state index in [1.54, 1.807) is 0 Å². The molecule has 4 aliphatic rings. The summed E-state index contributed by atoms with van der Waals surface area (Å²) in [5.41, 5.74) is 2.62. The standard InChI is InChI=1S/C26H32ClNO2/c1-2-29-25-12-18(7-8-24(25)30-17-22-5-3-4-6-23(22)27)16-28-26-13-19-9-20(14-26)11-21(10-19)15-26/h3-8,12,19-21,28H,2,9-11,13-17H2,1H3. The minimum Gasteiger partial charge on any atom is -0.490 e. The topological polar surface area (TPSA) is 30.5 Å². The molecule has 0 unspecified atom stereocenters. The van der Waals surface area contributed by atoms with Crippen molar-refractivity contribution in [2.45, 2.75) is 64.1 Å². The van der Waals surface area contributed by atoms with Gasteiger partial charge in [-0.15, -0.1) is 0 Å². The molecule has 2 aromatic carbocycles. The highest BCUT2D eigenvalue weighted by molar-refractivity contribution is 6.31. The van der Waals surface area contributed by atoms with E-state index >= 15 is 0 Å². The van der Waals surface area contributed by atoms with Gasteiger partial charge in [0.15, 0.2) is 11.5 Å². The van der Waals surface area contributed by atoms with Crippen molar-refractivity contribution in [2.24, 2.45) is 17.8 Å². The highest BCUT2D eigenvalue weighted by Crippen LogP contribution is 2.55. The summed E-state index contributed by atoms with van der Waals surface area (Å²) in [4.78, 5) is 0. The third-order valence-corrected chi connectivity index (χ3v) is 7.72. The molecular weight excluding hydrogens is 394 g/mol. The molecule has 6 rings (SSSR count). The lowest BCUT2D eigenvalue weighted by Gasteiger charge is -2.57. The van der Waals surface area contributed by atoms with Gasteiger partial charge in [0.2, 0.25) is 0 Å². The van der Waals surface area contributed by atoms with Crippen LogP contribution in [-0.2, 0) is 13.2 Å². The maximum atomic E-state index is 6.27. The van der Waals surface area contributed by atoms with E-state index in [-0.39, 0.29) is 0 Å². The van der Waals surface area contributed by atoms with Crippen LogP contribution in [0.4, 0.5) is 0 Å². The lowest BCUT2D eigenvalue weighted by Crippen LogP contribution is -2.58. The minimum atomic E-state index is 0.375. The van der Waals surface area contributed by atoms with Crippen molar-refractivity contribution in [1.29, 1.82) is 0 Å². The van der Waals surface area contributed by atoms with Crippen molar-refractivity contribution in [2.75, 3.05) is 6.61 Å². The second-order valence-electron chi connectivity index (χ2n) is 9.65. The van der Waals surface area contributed by atoms with Crippen molar-refractivity contribution < 1.29 is 9.47 Å². The average Bonchev–Trinajstić information content (AvgIpc) is 2.72. The van der Waals surface area contributed by atoms with E-state index in [4.69, 9.17) is 21.1 Å². The summed E-state index contributed by atoms with van der Waals surface area (Å²) in [7, 11) is 0. The second kappa shape index (κ2) is 8.43. The smallest absolute Gasteiger partial charge is 0.161 e. The van der Waals surface area contributed by atoms with E-state index in [2.05, 4.69) is 17.4 Å². The maximum absolute atomic E-state index is 6.27. The second-order valence-corrected chi connectivity index (χ2v) is 10.1. The highest BCUT2D eigenvalue weighted by atomic mass is 35.5. The normalized spacial score (nSPS) is 29.2. The van der Waals surface area contributed by atoms with Crippen molar-refractivity contribution in [3.05, 3.63) is 58.6 Å². The SMILES string of the molecule is CCOc1cc(CNC23CC4CC(CC(C4)C2)C3)ccc1OCc1ccccc1Cl. The minimum absolute atomic E-state index is 0.375. The van der Waals surface area contributed by atoms with E-state index in [1.165, 1.54) is 44.1 Å². The molecule has 0 heterocycles. The van der Waals surface area contributed by atoms with Crippen molar-refractivity contribution >= 4 is 11.6 Å². The molecule has 0 saturated heterocycles. The molecule has 160 valence electrons. The number of nitrogens with one attached hydrogen (secondary N) is 1. The van der Waals surface area contributed by atoms with E-state index < -0.39 is 0 Å². The molecule has 4 heteroatoms. The molecule has 0 spiro atoms. The van der Waals surface area contributed by atoms with Crippen LogP contribution in [0.15, 0.2) is 42.5 Å². The van der Waals surface area contributed by atoms with Gasteiger partial charge in [0.05, 0.1) is 6.61 Å². The molecule has 4 fully saturated rings. The number of hydrogen-bond acceptors (Lipinski definition) is 3. The van der Waals surface area contributed by atoms with Gasteiger partial charge in [-0.1, -0.05) is 35.9 Å². The average molecular weight is 426 g/mol. The fourth-order valence-electron chi connectivity index (χ4n) is 6.44. The van der Waals surface area contributed by atoms with Crippen LogP contribution in [0.1, 0.15) is 56.6 Å². The quantitative estimate of drug-likeness (QED) is 0.532. The van der Waals surface area contributed by atoms with Crippen molar-refractivity contribution in [3.63, 3.8) is 0 Å². The number of rotatable bonds is 8. The van der Waals surface area contributed by atoms with Gasteiger partial charge in [-0.3, -0.25) is 0 Å². The first-order valence-corrected chi connectivity index (χ1v) is 11.9. The number of hydrogen-bond donors (Lipinski definition) is 1. The number of benzene rings is 2. The van der Waals surface area contributed by atoms with Gasteiger partial charge in [0.1, 0.15) is 6.61 Å². The third kappa shape index (κ3) is 4.20. The Morgan fingerprint density at radius 1 is 0.933 bits per heavy atom. The molecule has 0 atom stereocenters. The van der Waals surface area contributed by atoms with E-state index in [1.807, 2.05) is 37.3 Å². The van der Waals surface area contributed by atoms with Gasteiger partial charge in [-0.25, -0.2) is 0 Å². The largest absolute Gasteiger partial charge is 0.490 e. The van der Waals surface area contributed by atoms with Crippen LogP contribution in [0, 0.1) is 17.8 Å². The van der Waals surface area contributed by atoms with Crippen LogP contribution in [-0.4, -0.2) is 12.1 Å². The Morgan fingerprint density at radius 2 is 1.63 bits per heavy atom. The Kier molecular flexibility index (Phi) is 5.68. The number of ether oxygens (including phenoxy) is 2. The molecule has 4 saturated carbocycles. The molecule has 0 aromatic heterocycles. The molecule has 4 bridgehead atoms. The fraction of sp³-hybridized carbons (Fsp3) is 0.538.